The number of aromatic hydroxyl groups is 1. The zero-order valence-corrected chi connectivity index (χ0v) is 16.4. The molecule has 0 aliphatic carbocycles. The Balaban J connectivity index is 1.80. The second-order valence-corrected chi connectivity index (χ2v) is 7.46. The molecule has 4 rings (SSSR count). The van der Waals surface area contributed by atoms with Gasteiger partial charge in [-0.25, -0.2) is 9.64 Å². The van der Waals surface area contributed by atoms with E-state index in [1.54, 1.807) is 48.5 Å². The summed E-state index contributed by atoms with van der Waals surface area (Å²) in [5, 5.41) is 19.5. The summed E-state index contributed by atoms with van der Waals surface area (Å²) in [7, 11) is 0. The largest absolute Gasteiger partial charge is 0.508 e. The fraction of sp³-hybridized carbons (Fsp3) is 0. The van der Waals surface area contributed by atoms with Gasteiger partial charge >= 0.3 is 5.97 Å². The Kier molecular flexibility index (Phi) is 5.21. The fourth-order valence-electron chi connectivity index (χ4n) is 3.04. The molecule has 1 aromatic heterocycles. The summed E-state index contributed by atoms with van der Waals surface area (Å²) in [5.41, 5.74) is 2.03. The van der Waals surface area contributed by atoms with Crippen molar-refractivity contribution in [2.75, 3.05) is 0 Å². The van der Waals surface area contributed by atoms with Crippen molar-refractivity contribution in [2.45, 2.75) is 0 Å². The van der Waals surface area contributed by atoms with Gasteiger partial charge in [-0.15, -0.1) is 11.3 Å². The molecule has 1 heterocycles. The highest BCUT2D eigenvalue weighted by atomic mass is 32.1. The first kappa shape index (κ1) is 19.2. The average molecular weight is 413 g/mol. The average Bonchev–Trinajstić information content (AvgIpc) is 3.10. The van der Waals surface area contributed by atoms with Gasteiger partial charge in [0.1, 0.15) is 11.5 Å². The molecule has 0 spiro atoms. The van der Waals surface area contributed by atoms with Gasteiger partial charge < -0.3 is 14.9 Å². The van der Waals surface area contributed by atoms with Crippen molar-refractivity contribution < 1.29 is 19.7 Å². The van der Waals surface area contributed by atoms with E-state index in [4.69, 9.17) is 16.4 Å². The van der Waals surface area contributed by atoms with Gasteiger partial charge in [-0.1, -0.05) is 36.4 Å². The van der Waals surface area contributed by atoms with Crippen LogP contribution in [0.5, 0.6) is 17.2 Å². The van der Waals surface area contributed by atoms with Crippen molar-refractivity contribution in [3.05, 3.63) is 89.8 Å². The molecule has 0 unspecified atom stereocenters. The quantitative estimate of drug-likeness (QED) is 0.282. The van der Waals surface area contributed by atoms with Crippen LogP contribution >= 0.6 is 11.3 Å². The smallest absolute Gasteiger partial charge is 0.328 e. The Labute approximate surface area is 176 Å². The number of fused-ring (bicyclic) bond motifs is 1. The van der Waals surface area contributed by atoms with E-state index in [1.807, 2.05) is 18.2 Å². The van der Waals surface area contributed by atoms with Gasteiger partial charge in [0.25, 0.3) is 0 Å². The topological polar surface area (TPSA) is 71.1 Å². The summed E-state index contributed by atoms with van der Waals surface area (Å²) in [4.78, 5) is 15.1. The molecule has 0 bridgehead atoms. The van der Waals surface area contributed by atoms with Gasteiger partial charge in [-0.3, -0.25) is 0 Å². The molecule has 6 heteroatoms. The third-order valence-electron chi connectivity index (χ3n) is 4.42. The summed E-state index contributed by atoms with van der Waals surface area (Å²) >= 11 is 1.45. The van der Waals surface area contributed by atoms with Crippen LogP contribution in [0, 0.1) is 6.57 Å². The maximum Gasteiger partial charge on any atom is 0.328 e. The number of phenolic OH excluding ortho intramolecular Hbond substituents is 1. The van der Waals surface area contributed by atoms with E-state index >= 15 is 0 Å². The maximum atomic E-state index is 10.7. The second-order valence-electron chi connectivity index (χ2n) is 6.41. The minimum atomic E-state index is -1.01. The SMILES string of the molecule is [C-]#[N+]c1ccccc1-c1sc2cc(O)ccc2c1Oc1ccc(/C=C/C(=O)O)cc1. The molecule has 0 atom stereocenters. The van der Waals surface area contributed by atoms with Gasteiger partial charge in [0, 0.05) is 21.7 Å². The van der Waals surface area contributed by atoms with Gasteiger partial charge in [-0.05, 0) is 42.0 Å². The number of hydrogen-bond donors (Lipinski definition) is 2. The number of para-hydroxylation sites is 1. The highest BCUT2D eigenvalue weighted by molar-refractivity contribution is 7.22. The molecule has 0 aliphatic heterocycles. The van der Waals surface area contributed by atoms with Crippen molar-refractivity contribution in [1.82, 2.24) is 0 Å². The van der Waals surface area contributed by atoms with Crippen LogP contribution in [0.25, 0.3) is 31.4 Å². The normalized spacial score (nSPS) is 10.9. The third-order valence-corrected chi connectivity index (χ3v) is 5.58. The predicted molar refractivity (Wildman–Crippen MR) is 118 cm³/mol. The molecule has 0 radical (unpaired) electrons. The molecular formula is C24H15NO4S. The molecular weight excluding hydrogens is 398 g/mol. The van der Waals surface area contributed by atoms with Crippen LogP contribution in [0.1, 0.15) is 5.56 Å². The third kappa shape index (κ3) is 3.88. The number of thiophene rings is 1. The minimum Gasteiger partial charge on any atom is -0.508 e. The number of nitrogens with zero attached hydrogens (tertiary/aromatic N) is 1. The van der Waals surface area contributed by atoms with E-state index in [2.05, 4.69) is 4.85 Å². The van der Waals surface area contributed by atoms with E-state index in [0.717, 1.165) is 32.2 Å². The minimum absolute atomic E-state index is 0.162. The van der Waals surface area contributed by atoms with Crippen LogP contribution in [0.2, 0.25) is 0 Å². The fourth-order valence-corrected chi connectivity index (χ4v) is 4.23. The first-order chi connectivity index (χ1) is 14.5. The van der Waals surface area contributed by atoms with Crippen molar-refractivity contribution in [2.24, 2.45) is 0 Å². The highest BCUT2D eigenvalue weighted by Crippen LogP contribution is 2.49. The molecule has 0 saturated heterocycles. The van der Waals surface area contributed by atoms with Crippen LogP contribution in [0.15, 0.2) is 72.8 Å². The number of aliphatic carboxylic acids is 1. The molecule has 0 saturated carbocycles. The molecule has 146 valence electrons. The Bertz CT molecular complexity index is 1310. The predicted octanol–water partition coefficient (Wildman–Crippen LogP) is 6.71. The van der Waals surface area contributed by atoms with Gasteiger partial charge in [0.15, 0.2) is 11.4 Å². The molecule has 3 aromatic carbocycles. The van der Waals surface area contributed by atoms with Crippen molar-refractivity contribution in [1.29, 1.82) is 0 Å². The summed E-state index contributed by atoms with van der Waals surface area (Å²) < 4.78 is 7.07. The molecule has 0 amide bonds. The van der Waals surface area contributed by atoms with E-state index in [1.165, 1.54) is 17.4 Å². The Morgan fingerprint density at radius 2 is 1.83 bits per heavy atom. The van der Waals surface area contributed by atoms with Gasteiger partial charge in [0.05, 0.1) is 11.4 Å². The standard InChI is InChI=1S/C24H15NO4S/c1-25-20-5-3-2-4-18(20)24-23(19-12-9-16(26)14-21(19)30-24)29-17-10-6-15(7-11-17)8-13-22(27)28/h2-14,26H,(H,27,28)/b13-8+. The second kappa shape index (κ2) is 8.11. The summed E-state index contributed by atoms with van der Waals surface area (Å²) in [6, 6.07) is 19.5. The number of phenols is 1. The first-order valence-electron chi connectivity index (χ1n) is 8.96. The number of benzene rings is 3. The molecule has 4 aromatic rings. The van der Waals surface area contributed by atoms with E-state index in [0.29, 0.717) is 17.2 Å². The van der Waals surface area contributed by atoms with Crippen LogP contribution in [0.3, 0.4) is 0 Å². The zero-order chi connectivity index (χ0) is 21.1. The molecule has 0 aliphatic rings. The first-order valence-corrected chi connectivity index (χ1v) is 9.78. The number of ether oxygens (including phenoxy) is 1. The lowest BCUT2D eigenvalue weighted by atomic mass is 10.1. The van der Waals surface area contributed by atoms with Crippen molar-refractivity contribution >= 4 is 39.2 Å². The highest BCUT2D eigenvalue weighted by Gasteiger charge is 2.19. The number of carbonyl (C=O) groups is 1. The molecule has 5 nitrogen and oxygen atoms in total. The lowest BCUT2D eigenvalue weighted by Crippen LogP contribution is -1.87. The summed E-state index contributed by atoms with van der Waals surface area (Å²) in [6.07, 6.45) is 2.58. The van der Waals surface area contributed by atoms with Crippen molar-refractivity contribution in [3.8, 4) is 27.7 Å². The Morgan fingerprint density at radius 3 is 2.57 bits per heavy atom. The van der Waals surface area contributed by atoms with Gasteiger partial charge in [-0.2, -0.15) is 0 Å². The lowest BCUT2D eigenvalue weighted by Gasteiger charge is -2.09. The molecule has 30 heavy (non-hydrogen) atoms. The Morgan fingerprint density at radius 1 is 1.07 bits per heavy atom. The van der Waals surface area contributed by atoms with Crippen LogP contribution in [0.4, 0.5) is 5.69 Å². The van der Waals surface area contributed by atoms with E-state index in [-0.39, 0.29) is 5.75 Å². The maximum absolute atomic E-state index is 10.7. The van der Waals surface area contributed by atoms with E-state index < -0.39 is 5.97 Å². The Hall–Kier alpha value is -4.08. The monoisotopic (exact) mass is 413 g/mol. The number of carboxylic acid groups (broad SMARTS) is 1. The lowest BCUT2D eigenvalue weighted by molar-refractivity contribution is -0.131. The number of rotatable bonds is 5. The number of carboxylic acids is 1. The zero-order valence-electron chi connectivity index (χ0n) is 15.6. The van der Waals surface area contributed by atoms with Crippen molar-refractivity contribution in [3.63, 3.8) is 0 Å². The number of hydrogen-bond acceptors (Lipinski definition) is 4. The van der Waals surface area contributed by atoms with Crippen LogP contribution in [-0.2, 0) is 4.79 Å². The van der Waals surface area contributed by atoms with E-state index in [9.17, 15) is 9.90 Å². The summed E-state index contributed by atoms with van der Waals surface area (Å²) in [6.45, 7) is 7.49. The van der Waals surface area contributed by atoms with Crippen LogP contribution < -0.4 is 4.74 Å². The molecule has 0 fully saturated rings. The van der Waals surface area contributed by atoms with Crippen LogP contribution in [-0.4, -0.2) is 16.2 Å². The molecule has 2 N–H and O–H groups in total. The summed E-state index contributed by atoms with van der Waals surface area (Å²) in [5.74, 6) is 0.345. The van der Waals surface area contributed by atoms with Gasteiger partial charge in [0.2, 0.25) is 0 Å².